The fourth-order valence-corrected chi connectivity index (χ4v) is 4.90. The van der Waals surface area contributed by atoms with E-state index in [0.717, 1.165) is 17.7 Å². The molecule has 0 spiro atoms. The van der Waals surface area contributed by atoms with Crippen LogP contribution in [0.1, 0.15) is 48.7 Å². The molecule has 3 amide bonds. The Hall–Kier alpha value is -2.58. The molecule has 8 heteroatoms. The molecule has 0 aliphatic carbocycles. The van der Waals surface area contributed by atoms with Crippen molar-refractivity contribution in [2.45, 2.75) is 39.2 Å². The van der Waals surface area contributed by atoms with E-state index in [9.17, 15) is 9.59 Å². The first-order chi connectivity index (χ1) is 15.9. The molecule has 0 saturated carbocycles. The number of urea groups is 1. The lowest BCUT2D eigenvalue weighted by molar-refractivity contribution is -0.135. The minimum absolute atomic E-state index is 0.00818. The number of hydrogen-bond acceptors (Lipinski definition) is 5. The fourth-order valence-electron chi connectivity index (χ4n) is 3.97. The fraction of sp³-hybridized carbons (Fsp3) is 0.520. The second-order valence-electron chi connectivity index (χ2n) is 8.44. The monoisotopic (exact) mass is 473 g/mol. The van der Waals surface area contributed by atoms with Gasteiger partial charge >= 0.3 is 6.03 Å². The lowest BCUT2D eigenvalue weighted by Gasteiger charge is -2.37. The van der Waals surface area contributed by atoms with Gasteiger partial charge in [-0.25, -0.2) is 4.79 Å². The molecular weight excluding hydrogens is 438 g/mol. The predicted molar refractivity (Wildman–Crippen MR) is 131 cm³/mol. The van der Waals surface area contributed by atoms with E-state index >= 15 is 0 Å². The largest absolute Gasteiger partial charge is 0.491 e. The zero-order valence-corrected chi connectivity index (χ0v) is 20.8. The summed E-state index contributed by atoms with van der Waals surface area (Å²) in [7, 11) is 1.58. The third-order valence-electron chi connectivity index (χ3n) is 5.88. The van der Waals surface area contributed by atoms with Crippen LogP contribution in [0, 0.1) is 0 Å². The molecule has 1 N–H and O–H groups in total. The molecule has 1 aliphatic heterocycles. The van der Waals surface area contributed by atoms with Gasteiger partial charge in [0.1, 0.15) is 18.9 Å². The van der Waals surface area contributed by atoms with Gasteiger partial charge in [-0.3, -0.25) is 4.79 Å². The van der Waals surface area contributed by atoms with E-state index in [1.165, 1.54) is 15.3 Å². The van der Waals surface area contributed by atoms with Gasteiger partial charge in [0.25, 0.3) is 0 Å². The highest BCUT2D eigenvalue weighted by molar-refractivity contribution is 7.10. The molecule has 1 aromatic carbocycles. The molecule has 0 saturated heterocycles. The van der Waals surface area contributed by atoms with E-state index in [0.29, 0.717) is 38.8 Å². The van der Waals surface area contributed by atoms with Crippen molar-refractivity contribution in [3.05, 3.63) is 51.7 Å². The Morgan fingerprint density at radius 3 is 2.67 bits per heavy atom. The van der Waals surface area contributed by atoms with Crippen LogP contribution in [0.4, 0.5) is 4.79 Å². The minimum Gasteiger partial charge on any atom is -0.491 e. The van der Waals surface area contributed by atoms with Crippen LogP contribution in [0.5, 0.6) is 5.75 Å². The van der Waals surface area contributed by atoms with Gasteiger partial charge in [0.2, 0.25) is 5.91 Å². The Bertz CT molecular complexity index is 913. The Morgan fingerprint density at radius 2 is 2.00 bits per heavy atom. The number of rotatable bonds is 10. The van der Waals surface area contributed by atoms with Crippen molar-refractivity contribution in [1.82, 2.24) is 15.1 Å². The Balaban J connectivity index is 1.73. The normalized spacial score (nSPS) is 15.3. The quantitative estimate of drug-likeness (QED) is 0.565. The number of carbonyl (C=O) groups excluding carboxylic acids is 2. The summed E-state index contributed by atoms with van der Waals surface area (Å²) in [6.45, 7) is 8.41. The lowest BCUT2D eigenvalue weighted by atomic mass is 10.00. The van der Waals surface area contributed by atoms with Crippen molar-refractivity contribution in [3.63, 3.8) is 0 Å². The summed E-state index contributed by atoms with van der Waals surface area (Å²) in [5.74, 6) is 1.17. The second-order valence-corrected chi connectivity index (χ2v) is 9.44. The molecule has 3 rings (SSSR count). The summed E-state index contributed by atoms with van der Waals surface area (Å²) in [6, 6.07) is 9.78. The summed E-state index contributed by atoms with van der Waals surface area (Å²) < 4.78 is 11.3. The number of nitrogens with one attached hydrogen (secondary N) is 1. The maximum atomic E-state index is 13.4. The molecule has 33 heavy (non-hydrogen) atoms. The highest BCUT2D eigenvalue weighted by Crippen LogP contribution is 2.34. The van der Waals surface area contributed by atoms with Crippen LogP contribution in [0.15, 0.2) is 35.7 Å². The summed E-state index contributed by atoms with van der Waals surface area (Å²) in [4.78, 5) is 30.5. The highest BCUT2D eigenvalue weighted by Gasteiger charge is 2.33. The number of nitrogens with zero attached hydrogens (tertiary/aromatic N) is 2. The number of benzene rings is 1. The van der Waals surface area contributed by atoms with Crippen molar-refractivity contribution in [3.8, 4) is 5.75 Å². The van der Waals surface area contributed by atoms with Gasteiger partial charge in [-0.2, -0.15) is 0 Å². The first-order valence-electron chi connectivity index (χ1n) is 11.5. The van der Waals surface area contributed by atoms with Gasteiger partial charge in [-0.15, -0.1) is 11.3 Å². The smallest absolute Gasteiger partial charge is 0.317 e. The van der Waals surface area contributed by atoms with Crippen LogP contribution in [0.25, 0.3) is 0 Å². The van der Waals surface area contributed by atoms with Crippen LogP contribution < -0.4 is 10.1 Å². The third-order valence-corrected chi connectivity index (χ3v) is 6.87. The van der Waals surface area contributed by atoms with Gasteiger partial charge in [0.15, 0.2) is 0 Å². The average molecular weight is 474 g/mol. The minimum atomic E-state index is -0.255. The number of fused-ring (bicyclic) bond motifs is 1. The summed E-state index contributed by atoms with van der Waals surface area (Å²) in [5.41, 5.74) is 2.40. The summed E-state index contributed by atoms with van der Waals surface area (Å²) >= 11 is 1.72. The van der Waals surface area contributed by atoms with Gasteiger partial charge in [-0.05, 0) is 54.0 Å². The van der Waals surface area contributed by atoms with Gasteiger partial charge < -0.3 is 24.6 Å². The summed E-state index contributed by atoms with van der Waals surface area (Å²) in [6.07, 6.45) is 0.817. The SMILES string of the molecule is CCNC(=O)N(CCOC)CC(=O)N1CCc2sccc2[C@H]1COc1ccc(C(C)C)cc1. The molecule has 1 aromatic heterocycles. The first-order valence-corrected chi connectivity index (χ1v) is 12.4. The Kier molecular flexibility index (Phi) is 9.14. The molecule has 7 nitrogen and oxygen atoms in total. The number of hydrogen-bond donors (Lipinski definition) is 1. The standard InChI is InChI=1S/C25H35N3O4S/c1-5-26-25(30)27(13-14-31-4)16-24(29)28-12-10-23-21(11-15-33-23)22(28)17-32-20-8-6-19(7-9-20)18(2)3/h6-9,11,15,18,22H,5,10,12-14,16-17H2,1-4H3,(H,26,30)/t22-/m1/s1. The highest BCUT2D eigenvalue weighted by atomic mass is 32.1. The molecule has 2 aromatic rings. The first kappa shape index (κ1) is 25.1. The van der Waals surface area contributed by atoms with E-state index in [-0.39, 0.29) is 24.5 Å². The van der Waals surface area contributed by atoms with Crippen molar-refractivity contribution < 1.29 is 19.1 Å². The Morgan fingerprint density at radius 1 is 1.24 bits per heavy atom. The van der Waals surface area contributed by atoms with Crippen molar-refractivity contribution >= 4 is 23.3 Å². The number of ether oxygens (including phenoxy) is 2. The van der Waals surface area contributed by atoms with E-state index in [1.54, 1.807) is 18.4 Å². The molecule has 1 atom stereocenters. The van der Waals surface area contributed by atoms with Gasteiger partial charge in [0.05, 0.1) is 12.6 Å². The van der Waals surface area contributed by atoms with Crippen molar-refractivity contribution in [1.29, 1.82) is 0 Å². The number of methoxy groups -OCH3 is 1. The number of thiophene rings is 1. The van der Waals surface area contributed by atoms with Gasteiger partial charge in [-0.1, -0.05) is 26.0 Å². The third kappa shape index (κ3) is 6.48. The van der Waals surface area contributed by atoms with Crippen LogP contribution in [0.2, 0.25) is 0 Å². The van der Waals surface area contributed by atoms with Crippen LogP contribution in [0.3, 0.4) is 0 Å². The molecular formula is C25H35N3O4S. The van der Waals surface area contributed by atoms with E-state index in [4.69, 9.17) is 9.47 Å². The molecule has 2 heterocycles. The Labute approximate surface area is 200 Å². The molecule has 0 fully saturated rings. The average Bonchev–Trinajstić information content (AvgIpc) is 3.29. The molecule has 180 valence electrons. The van der Waals surface area contributed by atoms with Crippen LogP contribution >= 0.6 is 11.3 Å². The molecule has 1 aliphatic rings. The second kappa shape index (κ2) is 12.0. The van der Waals surface area contributed by atoms with E-state index < -0.39 is 0 Å². The van der Waals surface area contributed by atoms with Crippen molar-refractivity contribution in [2.24, 2.45) is 0 Å². The van der Waals surface area contributed by atoms with E-state index in [1.807, 2.05) is 24.0 Å². The van der Waals surface area contributed by atoms with Crippen LogP contribution in [-0.2, 0) is 16.0 Å². The zero-order valence-electron chi connectivity index (χ0n) is 20.0. The summed E-state index contributed by atoms with van der Waals surface area (Å²) in [5, 5.41) is 4.85. The number of carbonyl (C=O) groups is 2. The zero-order chi connectivity index (χ0) is 23.8. The van der Waals surface area contributed by atoms with Crippen molar-refractivity contribution in [2.75, 3.05) is 46.5 Å². The van der Waals surface area contributed by atoms with Gasteiger partial charge in [0, 0.05) is 31.6 Å². The number of amides is 3. The molecule has 0 unspecified atom stereocenters. The maximum absolute atomic E-state index is 13.4. The lowest BCUT2D eigenvalue weighted by Crippen LogP contribution is -2.50. The predicted octanol–water partition coefficient (Wildman–Crippen LogP) is 4.05. The molecule has 0 bridgehead atoms. The van der Waals surface area contributed by atoms with Crippen LogP contribution in [-0.4, -0.2) is 68.2 Å². The topological polar surface area (TPSA) is 71.1 Å². The van der Waals surface area contributed by atoms with E-state index in [2.05, 4.69) is 42.7 Å². The molecule has 0 radical (unpaired) electrons. The maximum Gasteiger partial charge on any atom is 0.317 e.